The van der Waals surface area contributed by atoms with Crippen LogP contribution in [-0.4, -0.2) is 9.78 Å². The third-order valence-corrected chi connectivity index (χ3v) is 2.68. The summed E-state index contributed by atoms with van der Waals surface area (Å²) < 4.78 is 1.80. The summed E-state index contributed by atoms with van der Waals surface area (Å²) in [7, 11) is 1.90. The van der Waals surface area contributed by atoms with Crippen LogP contribution >= 0.6 is 0 Å². The van der Waals surface area contributed by atoms with Crippen molar-refractivity contribution in [2.45, 2.75) is 19.8 Å². The number of anilines is 3. The summed E-state index contributed by atoms with van der Waals surface area (Å²) in [6.45, 7) is 2.12. The van der Waals surface area contributed by atoms with Crippen LogP contribution in [0.4, 0.5) is 17.2 Å². The van der Waals surface area contributed by atoms with Crippen LogP contribution in [0.3, 0.4) is 0 Å². The van der Waals surface area contributed by atoms with Gasteiger partial charge in [0.15, 0.2) is 5.82 Å². The topological polar surface area (TPSA) is 55.9 Å². The van der Waals surface area contributed by atoms with Crippen LogP contribution in [0.2, 0.25) is 0 Å². The summed E-state index contributed by atoms with van der Waals surface area (Å²) in [4.78, 5) is 0. The van der Waals surface area contributed by atoms with Gasteiger partial charge < -0.3 is 11.1 Å². The molecule has 17 heavy (non-hydrogen) atoms. The number of para-hydroxylation sites is 1. The zero-order chi connectivity index (χ0) is 12.3. The third kappa shape index (κ3) is 2.41. The number of nitrogen functional groups attached to an aromatic ring is 1. The van der Waals surface area contributed by atoms with E-state index in [9.17, 15) is 0 Å². The van der Waals surface area contributed by atoms with Gasteiger partial charge in [-0.3, -0.25) is 4.68 Å². The predicted octanol–water partition coefficient (Wildman–Crippen LogP) is 2.70. The zero-order valence-corrected chi connectivity index (χ0v) is 10.3. The largest absolute Gasteiger partial charge is 0.394 e. The first-order chi connectivity index (χ1) is 8.22. The third-order valence-electron chi connectivity index (χ3n) is 2.68. The van der Waals surface area contributed by atoms with Gasteiger partial charge in [-0.25, -0.2) is 0 Å². The summed E-state index contributed by atoms with van der Waals surface area (Å²) in [5.74, 6) is 0.861. The summed E-state index contributed by atoms with van der Waals surface area (Å²) in [5, 5.41) is 7.72. The average molecular weight is 230 g/mol. The molecule has 0 saturated carbocycles. The lowest BCUT2D eigenvalue weighted by Gasteiger charge is -2.07. The predicted molar refractivity (Wildman–Crippen MR) is 71.3 cm³/mol. The molecule has 2 aromatic rings. The van der Waals surface area contributed by atoms with E-state index in [1.165, 1.54) is 0 Å². The van der Waals surface area contributed by atoms with Crippen molar-refractivity contribution >= 4 is 17.2 Å². The Bertz CT molecular complexity index is 488. The van der Waals surface area contributed by atoms with Crippen molar-refractivity contribution in [3.8, 4) is 0 Å². The van der Waals surface area contributed by atoms with E-state index in [4.69, 9.17) is 5.73 Å². The van der Waals surface area contributed by atoms with Gasteiger partial charge in [0.1, 0.15) is 0 Å². The van der Waals surface area contributed by atoms with Crippen molar-refractivity contribution in [2.75, 3.05) is 11.1 Å². The minimum atomic E-state index is 0.748. The van der Waals surface area contributed by atoms with Gasteiger partial charge in [-0.15, -0.1) is 0 Å². The van der Waals surface area contributed by atoms with E-state index >= 15 is 0 Å². The smallest absolute Gasteiger partial charge is 0.152 e. The average Bonchev–Trinajstić information content (AvgIpc) is 2.59. The molecule has 0 aliphatic rings. The first-order valence-electron chi connectivity index (χ1n) is 5.85. The maximum atomic E-state index is 6.09. The lowest BCUT2D eigenvalue weighted by Crippen LogP contribution is -2.00. The van der Waals surface area contributed by atoms with Gasteiger partial charge in [-0.05, 0) is 18.6 Å². The minimum absolute atomic E-state index is 0.748. The highest BCUT2D eigenvalue weighted by molar-refractivity contribution is 5.71. The highest BCUT2D eigenvalue weighted by atomic mass is 15.3. The second-order valence-electron chi connectivity index (χ2n) is 4.07. The van der Waals surface area contributed by atoms with Crippen LogP contribution in [0.15, 0.2) is 30.3 Å². The number of nitrogens with two attached hydrogens (primary N) is 1. The Hall–Kier alpha value is -1.97. The number of hydrogen-bond donors (Lipinski definition) is 2. The highest BCUT2D eigenvalue weighted by Crippen LogP contribution is 2.26. The Morgan fingerprint density at radius 1 is 1.29 bits per heavy atom. The van der Waals surface area contributed by atoms with E-state index in [0.29, 0.717) is 0 Å². The van der Waals surface area contributed by atoms with Crippen molar-refractivity contribution in [3.05, 3.63) is 36.0 Å². The Morgan fingerprint density at radius 3 is 2.65 bits per heavy atom. The highest BCUT2D eigenvalue weighted by Gasteiger charge is 2.12. The van der Waals surface area contributed by atoms with Crippen molar-refractivity contribution in [1.29, 1.82) is 0 Å². The van der Waals surface area contributed by atoms with E-state index < -0.39 is 0 Å². The van der Waals surface area contributed by atoms with E-state index in [-0.39, 0.29) is 0 Å². The Balaban J connectivity index is 2.27. The number of nitrogens with one attached hydrogen (secondary N) is 1. The van der Waals surface area contributed by atoms with Crippen molar-refractivity contribution < 1.29 is 0 Å². The summed E-state index contributed by atoms with van der Waals surface area (Å²) >= 11 is 0. The summed E-state index contributed by atoms with van der Waals surface area (Å²) in [6.07, 6.45) is 1.96. The molecular weight excluding hydrogens is 212 g/mol. The fraction of sp³-hybridized carbons (Fsp3) is 0.308. The number of rotatable bonds is 4. The molecule has 2 rings (SSSR count). The standard InChI is InChI=1S/C13H18N4/c1-3-7-11-12(14)13(17(2)16-11)15-10-8-5-4-6-9-10/h4-6,8-9,15H,3,7,14H2,1-2H3. The molecular formula is C13H18N4. The van der Waals surface area contributed by atoms with Crippen LogP contribution < -0.4 is 11.1 Å². The Labute approximate surface area is 101 Å². The molecule has 0 amide bonds. The fourth-order valence-corrected chi connectivity index (χ4v) is 1.82. The van der Waals surface area contributed by atoms with Crippen LogP contribution in [0, 0.1) is 0 Å². The minimum Gasteiger partial charge on any atom is -0.394 e. The van der Waals surface area contributed by atoms with Crippen molar-refractivity contribution in [3.63, 3.8) is 0 Å². The number of aryl methyl sites for hydroxylation is 2. The summed E-state index contributed by atoms with van der Waals surface area (Å²) in [5.41, 5.74) is 8.83. The zero-order valence-electron chi connectivity index (χ0n) is 10.3. The van der Waals surface area contributed by atoms with Gasteiger partial charge in [0, 0.05) is 12.7 Å². The molecule has 0 spiro atoms. The van der Waals surface area contributed by atoms with Crippen LogP contribution in [-0.2, 0) is 13.5 Å². The molecule has 1 heterocycles. The van der Waals surface area contributed by atoms with Gasteiger partial charge in [-0.1, -0.05) is 31.5 Å². The van der Waals surface area contributed by atoms with Gasteiger partial charge in [0.25, 0.3) is 0 Å². The maximum Gasteiger partial charge on any atom is 0.152 e. The first kappa shape index (κ1) is 11.5. The van der Waals surface area contributed by atoms with E-state index in [1.54, 1.807) is 4.68 Å². The number of nitrogens with zero attached hydrogens (tertiary/aromatic N) is 2. The van der Waals surface area contributed by atoms with Crippen LogP contribution in [0.5, 0.6) is 0 Å². The lowest BCUT2D eigenvalue weighted by molar-refractivity contribution is 0.740. The molecule has 0 atom stereocenters. The molecule has 0 saturated heterocycles. The lowest BCUT2D eigenvalue weighted by atomic mass is 10.2. The Morgan fingerprint density at radius 2 is 2.00 bits per heavy atom. The van der Waals surface area contributed by atoms with Crippen molar-refractivity contribution in [2.24, 2.45) is 7.05 Å². The van der Waals surface area contributed by atoms with E-state index in [2.05, 4.69) is 17.3 Å². The molecule has 3 N–H and O–H groups in total. The second-order valence-corrected chi connectivity index (χ2v) is 4.07. The number of hydrogen-bond acceptors (Lipinski definition) is 3. The van der Waals surface area contributed by atoms with E-state index in [0.717, 1.165) is 35.7 Å². The van der Waals surface area contributed by atoms with Gasteiger partial charge >= 0.3 is 0 Å². The molecule has 0 bridgehead atoms. The molecule has 90 valence electrons. The van der Waals surface area contributed by atoms with Crippen LogP contribution in [0.1, 0.15) is 19.0 Å². The summed E-state index contributed by atoms with van der Waals surface area (Å²) in [6, 6.07) is 9.97. The molecule has 0 radical (unpaired) electrons. The second kappa shape index (κ2) is 4.91. The fourth-order valence-electron chi connectivity index (χ4n) is 1.82. The molecule has 4 heteroatoms. The monoisotopic (exact) mass is 230 g/mol. The quantitative estimate of drug-likeness (QED) is 0.849. The van der Waals surface area contributed by atoms with Gasteiger partial charge in [0.2, 0.25) is 0 Å². The molecule has 1 aromatic heterocycles. The molecule has 0 aliphatic heterocycles. The number of benzene rings is 1. The SMILES string of the molecule is CCCc1nn(C)c(Nc2ccccc2)c1N. The normalized spacial score (nSPS) is 10.5. The van der Waals surface area contributed by atoms with Gasteiger partial charge in [-0.2, -0.15) is 5.10 Å². The van der Waals surface area contributed by atoms with Crippen LogP contribution in [0.25, 0.3) is 0 Å². The van der Waals surface area contributed by atoms with E-state index in [1.807, 2.05) is 37.4 Å². The molecule has 4 nitrogen and oxygen atoms in total. The molecule has 0 unspecified atom stereocenters. The molecule has 1 aromatic carbocycles. The number of aromatic nitrogens is 2. The molecule has 0 fully saturated rings. The van der Waals surface area contributed by atoms with Crippen molar-refractivity contribution in [1.82, 2.24) is 9.78 Å². The maximum absolute atomic E-state index is 6.09. The molecule has 0 aliphatic carbocycles. The Kier molecular flexibility index (Phi) is 3.32. The first-order valence-corrected chi connectivity index (χ1v) is 5.85. The van der Waals surface area contributed by atoms with Gasteiger partial charge in [0.05, 0.1) is 11.4 Å².